The first-order valence-electron chi connectivity index (χ1n) is 6.81. The van der Waals surface area contributed by atoms with Gasteiger partial charge >= 0.3 is 0 Å². The summed E-state index contributed by atoms with van der Waals surface area (Å²) in [7, 11) is 0. The first kappa shape index (κ1) is 14.9. The second kappa shape index (κ2) is 5.68. The molecule has 0 bridgehead atoms. The Kier molecular flexibility index (Phi) is 4.99. The van der Waals surface area contributed by atoms with Gasteiger partial charge in [0.2, 0.25) is 0 Å². The van der Waals surface area contributed by atoms with Crippen molar-refractivity contribution in [2.24, 2.45) is 0 Å². The van der Waals surface area contributed by atoms with E-state index >= 15 is 0 Å². The minimum Gasteiger partial charge on any atom is -0.393 e. The van der Waals surface area contributed by atoms with E-state index in [0.717, 1.165) is 38.9 Å². The largest absolute Gasteiger partial charge is 0.393 e. The molecule has 1 rings (SSSR count). The molecule has 1 aliphatic heterocycles. The van der Waals surface area contributed by atoms with Crippen LogP contribution in [0.1, 0.15) is 53.9 Å². The maximum absolute atomic E-state index is 9.22. The van der Waals surface area contributed by atoms with Gasteiger partial charge in [0.05, 0.1) is 17.3 Å². The molecule has 0 aliphatic carbocycles. The fourth-order valence-corrected chi connectivity index (χ4v) is 2.88. The van der Waals surface area contributed by atoms with Crippen molar-refractivity contribution in [1.29, 1.82) is 0 Å². The Morgan fingerprint density at radius 3 is 2.12 bits per heavy atom. The zero-order chi connectivity index (χ0) is 13.1. The Hall–Kier alpha value is -0.120. The van der Waals surface area contributed by atoms with Crippen LogP contribution in [0.3, 0.4) is 0 Å². The van der Waals surface area contributed by atoms with Gasteiger partial charge in [0, 0.05) is 13.1 Å². The van der Waals surface area contributed by atoms with Crippen LogP contribution in [-0.2, 0) is 4.74 Å². The van der Waals surface area contributed by atoms with Gasteiger partial charge in [0.15, 0.2) is 0 Å². The highest BCUT2D eigenvalue weighted by molar-refractivity contribution is 4.88. The van der Waals surface area contributed by atoms with Gasteiger partial charge in [-0.3, -0.25) is 4.90 Å². The van der Waals surface area contributed by atoms with Gasteiger partial charge in [0.25, 0.3) is 0 Å². The Morgan fingerprint density at radius 1 is 1.12 bits per heavy atom. The smallest absolute Gasteiger partial charge is 0.0760 e. The molecule has 1 unspecified atom stereocenters. The molecule has 1 aliphatic rings. The van der Waals surface area contributed by atoms with Gasteiger partial charge in [-0.1, -0.05) is 0 Å². The average Bonchev–Trinajstić information content (AvgIpc) is 2.06. The molecular weight excluding hydrogens is 214 g/mol. The number of hydrogen-bond acceptors (Lipinski definition) is 3. The van der Waals surface area contributed by atoms with Gasteiger partial charge in [-0.05, 0) is 60.4 Å². The highest BCUT2D eigenvalue weighted by Gasteiger charge is 2.37. The monoisotopic (exact) mass is 243 g/mol. The predicted molar refractivity (Wildman–Crippen MR) is 71.2 cm³/mol. The van der Waals surface area contributed by atoms with E-state index in [-0.39, 0.29) is 17.3 Å². The van der Waals surface area contributed by atoms with Crippen LogP contribution in [0.15, 0.2) is 0 Å². The van der Waals surface area contributed by atoms with Gasteiger partial charge in [-0.2, -0.15) is 0 Å². The van der Waals surface area contributed by atoms with Crippen molar-refractivity contribution in [3.63, 3.8) is 0 Å². The summed E-state index contributed by atoms with van der Waals surface area (Å²) >= 11 is 0. The minimum absolute atomic E-state index is 0.0496. The summed E-state index contributed by atoms with van der Waals surface area (Å²) in [5.74, 6) is 0. The summed E-state index contributed by atoms with van der Waals surface area (Å²) in [5, 5.41) is 9.22. The summed E-state index contributed by atoms with van der Waals surface area (Å²) in [5.41, 5.74) is -0.0992. The molecule has 1 saturated heterocycles. The number of nitrogens with zero attached hydrogens (tertiary/aromatic N) is 1. The average molecular weight is 243 g/mol. The SMILES string of the molecule is CC(O)CCCCN1CC(C)(C)OC(C)(C)C1. The van der Waals surface area contributed by atoms with Crippen molar-refractivity contribution >= 4 is 0 Å². The lowest BCUT2D eigenvalue weighted by Crippen LogP contribution is -2.57. The van der Waals surface area contributed by atoms with Crippen molar-refractivity contribution in [2.75, 3.05) is 19.6 Å². The van der Waals surface area contributed by atoms with Crippen LogP contribution >= 0.6 is 0 Å². The molecule has 0 saturated carbocycles. The lowest BCUT2D eigenvalue weighted by molar-refractivity contribution is -0.180. The summed E-state index contributed by atoms with van der Waals surface area (Å²) in [4.78, 5) is 2.49. The van der Waals surface area contributed by atoms with E-state index in [0.29, 0.717) is 0 Å². The standard InChI is InChI=1S/C14H29NO2/c1-12(16)8-6-7-9-15-10-13(2,3)17-14(4,5)11-15/h12,16H,6-11H2,1-5H3. The van der Waals surface area contributed by atoms with E-state index in [1.165, 1.54) is 0 Å². The van der Waals surface area contributed by atoms with Crippen LogP contribution in [0, 0.1) is 0 Å². The van der Waals surface area contributed by atoms with Crippen LogP contribution in [0.25, 0.3) is 0 Å². The zero-order valence-corrected chi connectivity index (χ0v) is 12.1. The van der Waals surface area contributed by atoms with Crippen LogP contribution in [0.4, 0.5) is 0 Å². The maximum Gasteiger partial charge on any atom is 0.0760 e. The molecule has 3 nitrogen and oxygen atoms in total. The highest BCUT2D eigenvalue weighted by atomic mass is 16.5. The van der Waals surface area contributed by atoms with Gasteiger partial charge in [-0.25, -0.2) is 0 Å². The third-order valence-corrected chi connectivity index (χ3v) is 3.11. The molecule has 0 amide bonds. The fraction of sp³-hybridized carbons (Fsp3) is 1.00. The van der Waals surface area contributed by atoms with Crippen molar-refractivity contribution in [1.82, 2.24) is 4.90 Å². The Labute approximate surface area is 106 Å². The quantitative estimate of drug-likeness (QED) is 0.753. The number of rotatable bonds is 5. The molecule has 1 N–H and O–H groups in total. The molecule has 1 atom stereocenters. The summed E-state index contributed by atoms with van der Waals surface area (Å²) < 4.78 is 6.05. The number of aliphatic hydroxyl groups is 1. The van der Waals surface area contributed by atoms with Crippen LogP contribution in [0.5, 0.6) is 0 Å². The lowest BCUT2D eigenvalue weighted by atomic mass is 9.98. The highest BCUT2D eigenvalue weighted by Crippen LogP contribution is 2.28. The van der Waals surface area contributed by atoms with Crippen molar-refractivity contribution in [3.8, 4) is 0 Å². The predicted octanol–water partition coefficient (Wildman–Crippen LogP) is 2.43. The molecule has 1 heterocycles. The van der Waals surface area contributed by atoms with E-state index in [1.807, 2.05) is 6.92 Å². The third-order valence-electron chi connectivity index (χ3n) is 3.11. The molecule has 17 heavy (non-hydrogen) atoms. The zero-order valence-electron chi connectivity index (χ0n) is 12.1. The maximum atomic E-state index is 9.22. The van der Waals surface area contributed by atoms with E-state index in [4.69, 9.17) is 4.74 Å². The first-order valence-corrected chi connectivity index (χ1v) is 6.81. The lowest BCUT2D eigenvalue weighted by Gasteiger charge is -2.47. The van der Waals surface area contributed by atoms with Gasteiger partial charge in [-0.15, -0.1) is 0 Å². The number of aliphatic hydroxyl groups excluding tert-OH is 1. The van der Waals surface area contributed by atoms with Gasteiger partial charge < -0.3 is 9.84 Å². The van der Waals surface area contributed by atoms with E-state index in [2.05, 4.69) is 32.6 Å². The van der Waals surface area contributed by atoms with E-state index in [1.54, 1.807) is 0 Å². The molecule has 1 fully saturated rings. The summed E-state index contributed by atoms with van der Waals surface area (Å²) in [6.07, 6.45) is 3.02. The second-order valence-corrected chi connectivity index (χ2v) is 6.68. The molecule has 102 valence electrons. The van der Waals surface area contributed by atoms with Crippen LogP contribution in [-0.4, -0.2) is 46.9 Å². The minimum atomic E-state index is -0.160. The molecule has 0 aromatic carbocycles. The van der Waals surface area contributed by atoms with Crippen LogP contribution < -0.4 is 0 Å². The number of morpholine rings is 1. The van der Waals surface area contributed by atoms with Gasteiger partial charge in [0.1, 0.15) is 0 Å². The first-order chi connectivity index (χ1) is 7.70. The summed E-state index contributed by atoms with van der Waals surface area (Å²) in [6, 6.07) is 0. The number of ether oxygens (including phenoxy) is 1. The third kappa shape index (κ3) is 5.84. The molecule has 0 aromatic rings. The van der Waals surface area contributed by atoms with E-state index in [9.17, 15) is 5.11 Å². The molecule has 3 heteroatoms. The molecular formula is C14H29NO2. The number of unbranched alkanes of at least 4 members (excludes halogenated alkanes) is 1. The van der Waals surface area contributed by atoms with Crippen LogP contribution in [0.2, 0.25) is 0 Å². The molecule has 0 spiro atoms. The molecule has 0 aromatic heterocycles. The van der Waals surface area contributed by atoms with Crippen molar-refractivity contribution < 1.29 is 9.84 Å². The topological polar surface area (TPSA) is 32.7 Å². The fourth-order valence-electron chi connectivity index (χ4n) is 2.88. The second-order valence-electron chi connectivity index (χ2n) is 6.68. The summed E-state index contributed by atoms with van der Waals surface area (Å²) in [6.45, 7) is 13.6. The Bertz CT molecular complexity index is 220. The van der Waals surface area contributed by atoms with E-state index < -0.39 is 0 Å². The molecule has 0 radical (unpaired) electrons. The van der Waals surface area contributed by atoms with Crippen molar-refractivity contribution in [2.45, 2.75) is 71.2 Å². The van der Waals surface area contributed by atoms with Crippen molar-refractivity contribution in [3.05, 3.63) is 0 Å². The normalized spacial score (nSPS) is 25.8. The Morgan fingerprint density at radius 2 is 1.65 bits per heavy atom. The number of hydrogen-bond donors (Lipinski definition) is 1. The Balaban J connectivity index is 2.33.